The Kier molecular flexibility index (Phi) is 7.36. The van der Waals surface area contributed by atoms with E-state index in [9.17, 15) is 9.90 Å². The molecule has 5 heteroatoms. The van der Waals surface area contributed by atoms with Gasteiger partial charge in [0.2, 0.25) is 5.91 Å². The van der Waals surface area contributed by atoms with Gasteiger partial charge in [-0.2, -0.15) is 0 Å². The number of likely N-dealkylation sites (tertiary alicyclic amines) is 1. The summed E-state index contributed by atoms with van der Waals surface area (Å²) < 4.78 is 0. The van der Waals surface area contributed by atoms with Gasteiger partial charge in [0.25, 0.3) is 0 Å². The van der Waals surface area contributed by atoms with Gasteiger partial charge < -0.3 is 16.2 Å². The van der Waals surface area contributed by atoms with E-state index in [2.05, 4.69) is 10.2 Å². The van der Waals surface area contributed by atoms with Crippen molar-refractivity contribution >= 4 is 5.91 Å². The van der Waals surface area contributed by atoms with Gasteiger partial charge in [-0.15, -0.1) is 0 Å². The number of piperidine rings is 1. The van der Waals surface area contributed by atoms with Crippen molar-refractivity contribution in [2.45, 2.75) is 83.0 Å². The molecule has 5 nitrogen and oxygen atoms in total. The molecule has 3 rings (SSSR count). The molecule has 29 heavy (non-hydrogen) atoms. The van der Waals surface area contributed by atoms with Crippen LogP contribution in [0.5, 0.6) is 0 Å². The van der Waals surface area contributed by atoms with Crippen molar-refractivity contribution in [1.29, 1.82) is 0 Å². The summed E-state index contributed by atoms with van der Waals surface area (Å²) in [6.07, 6.45) is 5.91. The van der Waals surface area contributed by atoms with Crippen LogP contribution >= 0.6 is 0 Å². The molecule has 1 aromatic rings. The fourth-order valence-electron chi connectivity index (χ4n) is 5.02. The SMILES string of the molecule is CC(C)(C)NC(=O)[C@@H]1CC2CCCC[C@@H]2CN1C[C@@H](O)[C@@H](N)Cc1ccccc1. The highest BCUT2D eigenvalue weighted by Gasteiger charge is 2.41. The monoisotopic (exact) mass is 401 g/mol. The van der Waals surface area contributed by atoms with E-state index in [1.54, 1.807) is 0 Å². The smallest absolute Gasteiger partial charge is 0.237 e. The summed E-state index contributed by atoms with van der Waals surface area (Å²) >= 11 is 0. The number of hydrogen-bond acceptors (Lipinski definition) is 4. The summed E-state index contributed by atoms with van der Waals surface area (Å²) in [6, 6.07) is 9.54. The number of benzene rings is 1. The third-order valence-electron chi connectivity index (χ3n) is 6.53. The number of carbonyl (C=O) groups is 1. The molecule has 4 N–H and O–H groups in total. The third kappa shape index (κ3) is 6.27. The first-order chi connectivity index (χ1) is 13.7. The van der Waals surface area contributed by atoms with E-state index in [4.69, 9.17) is 5.73 Å². The molecule has 2 aliphatic rings. The maximum absolute atomic E-state index is 13.1. The molecule has 1 saturated carbocycles. The number of aliphatic hydroxyl groups excluding tert-OH is 1. The number of nitrogens with zero attached hydrogens (tertiary/aromatic N) is 1. The van der Waals surface area contributed by atoms with Crippen molar-refractivity contribution in [2.75, 3.05) is 13.1 Å². The summed E-state index contributed by atoms with van der Waals surface area (Å²) in [5.74, 6) is 1.36. The molecule has 0 radical (unpaired) electrons. The van der Waals surface area contributed by atoms with Crippen molar-refractivity contribution in [1.82, 2.24) is 10.2 Å². The number of β-amino-alcohol motifs (C(OH)–C–C–N with tert-alkyl or cyclic N) is 1. The minimum atomic E-state index is -0.653. The lowest BCUT2D eigenvalue weighted by Crippen LogP contribution is -2.59. The van der Waals surface area contributed by atoms with E-state index in [1.165, 1.54) is 25.7 Å². The molecule has 2 fully saturated rings. The van der Waals surface area contributed by atoms with Crippen LogP contribution in [-0.4, -0.2) is 52.7 Å². The molecule has 1 aliphatic carbocycles. The van der Waals surface area contributed by atoms with Crippen LogP contribution in [0, 0.1) is 11.8 Å². The van der Waals surface area contributed by atoms with E-state index in [0.29, 0.717) is 24.8 Å². The summed E-state index contributed by atoms with van der Waals surface area (Å²) in [6.45, 7) is 7.41. The lowest BCUT2D eigenvalue weighted by atomic mass is 9.72. The van der Waals surface area contributed by atoms with Crippen LogP contribution in [0.2, 0.25) is 0 Å². The van der Waals surface area contributed by atoms with Gasteiger partial charge in [-0.3, -0.25) is 9.69 Å². The topological polar surface area (TPSA) is 78.6 Å². The lowest BCUT2D eigenvalue weighted by molar-refractivity contribution is -0.132. The number of hydrogen-bond donors (Lipinski definition) is 3. The van der Waals surface area contributed by atoms with Crippen molar-refractivity contribution in [2.24, 2.45) is 17.6 Å². The molecule has 1 aromatic carbocycles. The van der Waals surface area contributed by atoms with Crippen LogP contribution in [0.4, 0.5) is 0 Å². The average Bonchev–Trinajstić information content (AvgIpc) is 2.66. The molecule has 1 aliphatic heterocycles. The summed E-state index contributed by atoms with van der Waals surface area (Å²) in [5.41, 5.74) is 7.22. The second-order valence-electron chi connectivity index (χ2n) is 10.2. The quantitative estimate of drug-likeness (QED) is 0.685. The molecule has 1 heterocycles. The number of fused-ring (bicyclic) bond motifs is 1. The zero-order chi connectivity index (χ0) is 21.0. The second kappa shape index (κ2) is 9.59. The van der Waals surface area contributed by atoms with Crippen molar-refractivity contribution < 1.29 is 9.90 Å². The van der Waals surface area contributed by atoms with Crippen LogP contribution in [0.15, 0.2) is 30.3 Å². The third-order valence-corrected chi connectivity index (χ3v) is 6.53. The van der Waals surface area contributed by atoms with Crippen molar-refractivity contribution in [3.63, 3.8) is 0 Å². The molecule has 162 valence electrons. The second-order valence-corrected chi connectivity index (χ2v) is 10.2. The zero-order valence-electron chi connectivity index (χ0n) is 18.3. The Hall–Kier alpha value is -1.43. The normalized spacial score (nSPS) is 27.7. The first-order valence-corrected chi connectivity index (χ1v) is 11.3. The van der Waals surface area contributed by atoms with Gasteiger partial charge in [0.1, 0.15) is 0 Å². The highest BCUT2D eigenvalue weighted by atomic mass is 16.3. The number of carbonyl (C=O) groups excluding carboxylic acids is 1. The number of amides is 1. The standard InChI is InChI=1S/C24H39N3O2/c1-24(2,3)26-23(29)21-14-18-11-7-8-12-19(18)15-27(21)16-22(28)20(25)13-17-9-5-4-6-10-17/h4-6,9-10,18-22,28H,7-8,11-16,25H2,1-3H3,(H,26,29)/t18?,19-,20+,21+,22-/m1/s1. The van der Waals surface area contributed by atoms with E-state index in [1.807, 2.05) is 51.1 Å². The van der Waals surface area contributed by atoms with Gasteiger partial charge in [0.05, 0.1) is 12.1 Å². The Morgan fingerprint density at radius 2 is 1.86 bits per heavy atom. The van der Waals surface area contributed by atoms with Crippen LogP contribution in [0.25, 0.3) is 0 Å². The van der Waals surface area contributed by atoms with E-state index < -0.39 is 6.10 Å². The number of aliphatic hydroxyl groups is 1. The summed E-state index contributed by atoms with van der Waals surface area (Å²) in [7, 11) is 0. The molecule has 0 spiro atoms. The fraction of sp³-hybridized carbons (Fsp3) is 0.708. The van der Waals surface area contributed by atoms with Gasteiger partial charge in [-0.1, -0.05) is 49.6 Å². The first kappa shape index (κ1) is 22.3. The number of nitrogens with one attached hydrogen (secondary N) is 1. The molecule has 1 amide bonds. The average molecular weight is 402 g/mol. The fourth-order valence-corrected chi connectivity index (χ4v) is 5.02. The van der Waals surface area contributed by atoms with E-state index in [0.717, 1.165) is 18.5 Å². The maximum Gasteiger partial charge on any atom is 0.237 e. The molecule has 0 bridgehead atoms. The van der Waals surface area contributed by atoms with Gasteiger partial charge >= 0.3 is 0 Å². The van der Waals surface area contributed by atoms with Crippen LogP contribution in [-0.2, 0) is 11.2 Å². The molecule has 1 unspecified atom stereocenters. The lowest BCUT2D eigenvalue weighted by Gasteiger charge is -2.46. The minimum Gasteiger partial charge on any atom is -0.390 e. The van der Waals surface area contributed by atoms with Gasteiger partial charge in [0.15, 0.2) is 0 Å². The van der Waals surface area contributed by atoms with Crippen LogP contribution < -0.4 is 11.1 Å². The highest BCUT2D eigenvalue weighted by Crippen LogP contribution is 2.38. The molecule has 5 atom stereocenters. The van der Waals surface area contributed by atoms with Gasteiger partial charge in [-0.25, -0.2) is 0 Å². The zero-order valence-corrected chi connectivity index (χ0v) is 18.3. The van der Waals surface area contributed by atoms with E-state index in [-0.39, 0.29) is 23.5 Å². The predicted octanol–water partition coefficient (Wildman–Crippen LogP) is 2.71. The Labute approximate surface area is 176 Å². The first-order valence-electron chi connectivity index (χ1n) is 11.3. The van der Waals surface area contributed by atoms with Crippen LogP contribution in [0.1, 0.15) is 58.4 Å². The van der Waals surface area contributed by atoms with Crippen molar-refractivity contribution in [3.8, 4) is 0 Å². The molecule has 1 saturated heterocycles. The highest BCUT2D eigenvalue weighted by molar-refractivity contribution is 5.82. The largest absolute Gasteiger partial charge is 0.390 e. The van der Waals surface area contributed by atoms with Gasteiger partial charge in [0, 0.05) is 24.7 Å². The van der Waals surface area contributed by atoms with Gasteiger partial charge in [-0.05, 0) is 57.4 Å². The summed E-state index contributed by atoms with van der Waals surface area (Å²) in [5, 5.41) is 14.0. The Bertz CT molecular complexity index is 658. The minimum absolute atomic E-state index is 0.0883. The predicted molar refractivity (Wildman–Crippen MR) is 117 cm³/mol. The number of nitrogens with two attached hydrogens (primary N) is 1. The Morgan fingerprint density at radius 3 is 2.52 bits per heavy atom. The maximum atomic E-state index is 13.1. The number of rotatable bonds is 6. The van der Waals surface area contributed by atoms with E-state index >= 15 is 0 Å². The van der Waals surface area contributed by atoms with Crippen molar-refractivity contribution in [3.05, 3.63) is 35.9 Å². The molecular formula is C24H39N3O2. The molecule has 0 aromatic heterocycles. The Balaban J connectivity index is 1.67. The van der Waals surface area contributed by atoms with Crippen LogP contribution in [0.3, 0.4) is 0 Å². The Morgan fingerprint density at radius 1 is 1.21 bits per heavy atom. The summed E-state index contributed by atoms with van der Waals surface area (Å²) in [4.78, 5) is 15.3. The molecular weight excluding hydrogens is 362 g/mol.